The van der Waals surface area contributed by atoms with Crippen molar-refractivity contribution >= 4 is 17.3 Å². The van der Waals surface area contributed by atoms with Crippen molar-refractivity contribution in [1.82, 2.24) is 9.88 Å². The van der Waals surface area contributed by atoms with Crippen molar-refractivity contribution in [3.8, 4) is 0 Å². The van der Waals surface area contributed by atoms with Gasteiger partial charge in [0.2, 0.25) is 0 Å². The van der Waals surface area contributed by atoms with Crippen molar-refractivity contribution in [3.05, 3.63) is 16.1 Å². The molecule has 0 bridgehead atoms. The second kappa shape index (κ2) is 6.48. The van der Waals surface area contributed by atoms with Gasteiger partial charge in [0.1, 0.15) is 0 Å². The number of thiazole rings is 1. The molecule has 4 nitrogen and oxygen atoms in total. The lowest BCUT2D eigenvalue weighted by atomic mass is 9.98. The van der Waals surface area contributed by atoms with E-state index in [1.165, 1.54) is 0 Å². The van der Waals surface area contributed by atoms with E-state index in [-0.39, 0.29) is 12.0 Å². The summed E-state index contributed by atoms with van der Waals surface area (Å²) in [6.07, 6.45) is 0. The van der Waals surface area contributed by atoms with Crippen molar-refractivity contribution < 1.29 is 9.90 Å². The minimum absolute atomic E-state index is 0.0542. The number of carboxylic acid groups (broad SMARTS) is 1. The Bertz CT molecular complexity index is 421. The first-order valence-corrected chi connectivity index (χ1v) is 7.45. The quantitative estimate of drug-likeness (QED) is 0.872. The number of carboxylic acids is 1. The first-order chi connectivity index (χ1) is 8.68. The minimum Gasteiger partial charge on any atom is -0.480 e. The first-order valence-electron chi connectivity index (χ1n) is 6.57. The molecule has 0 radical (unpaired) electrons. The van der Waals surface area contributed by atoms with Gasteiger partial charge < -0.3 is 5.11 Å². The van der Waals surface area contributed by atoms with E-state index in [0.717, 1.165) is 17.2 Å². The summed E-state index contributed by atoms with van der Waals surface area (Å²) in [5.74, 6) is -0.341. The summed E-state index contributed by atoms with van der Waals surface area (Å²) >= 11 is 1.65. The van der Waals surface area contributed by atoms with E-state index in [9.17, 15) is 4.79 Å². The molecule has 0 saturated heterocycles. The van der Waals surface area contributed by atoms with Crippen molar-refractivity contribution in [2.75, 3.05) is 13.1 Å². The Labute approximate surface area is 119 Å². The molecule has 0 aromatic carbocycles. The van der Waals surface area contributed by atoms with Gasteiger partial charge in [0.05, 0.1) is 17.2 Å². The zero-order chi connectivity index (χ0) is 14.6. The molecule has 108 valence electrons. The predicted molar refractivity (Wildman–Crippen MR) is 78.6 cm³/mol. The molecule has 0 aliphatic carbocycles. The highest BCUT2D eigenvalue weighted by Gasteiger charge is 2.19. The Morgan fingerprint density at radius 3 is 2.53 bits per heavy atom. The lowest BCUT2D eigenvalue weighted by molar-refractivity contribution is -0.138. The summed E-state index contributed by atoms with van der Waals surface area (Å²) in [7, 11) is 0. The first kappa shape index (κ1) is 16.1. The normalized spacial score (nSPS) is 12.4. The fourth-order valence-electron chi connectivity index (χ4n) is 1.85. The largest absolute Gasteiger partial charge is 0.480 e. The van der Waals surface area contributed by atoms with Crippen LogP contribution in [0.15, 0.2) is 5.38 Å². The van der Waals surface area contributed by atoms with E-state index >= 15 is 0 Å². The van der Waals surface area contributed by atoms with Gasteiger partial charge in [0, 0.05) is 23.9 Å². The fraction of sp³-hybridized carbons (Fsp3) is 0.714. The van der Waals surface area contributed by atoms with Crippen LogP contribution in [0.25, 0.3) is 0 Å². The number of aromatic nitrogens is 1. The Hall–Kier alpha value is -0.940. The molecule has 0 spiro atoms. The molecule has 1 N–H and O–H groups in total. The van der Waals surface area contributed by atoms with Crippen LogP contribution in [-0.4, -0.2) is 34.0 Å². The number of aliphatic carboxylic acids is 1. The molecular formula is C14H24N2O2S. The van der Waals surface area contributed by atoms with Crippen LogP contribution in [0.2, 0.25) is 0 Å². The van der Waals surface area contributed by atoms with E-state index in [0.29, 0.717) is 12.5 Å². The van der Waals surface area contributed by atoms with Gasteiger partial charge in [-0.3, -0.25) is 9.69 Å². The van der Waals surface area contributed by atoms with Crippen LogP contribution in [0.5, 0.6) is 0 Å². The average molecular weight is 284 g/mol. The summed E-state index contributed by atoms with van der Waals surface area (Å²) < 4.78 is 0. The molecule has 1 aromatic heterocycles. The lowest BCUT2D eigenvalue weighted by Gasteiger charge is -2.21. The van der Waals surface area contributed by atoms with Crippen molar-refractivity contribution in [2.24, 2.45) is 5.92 Å². The Morgan fingerprint density at radius 1 is 1.47 bits per heavy atom. The van der Waals surface area contributed by atoms with Crippen LogP contribution in [0.1, 0.15) is 45.3 Å². The zero-order valence-electron chi connectivity index (χ0n) is 12.4. The Morgan fingerprint density at radius 2 is 2.11 bits per heavy atom. The molecule has 19 heavy (non-hydrogen) atoms. The van der Waals surface area contributed by atoms with Gasteiger partial charge >= 0.3 is 5.97 Å². The SMILES string of the molecule is CC(C)CN(CC(=O)O)Cc1csc(C(C)(C)C)n1. The molecule has 0 fully saturated rings. The maximum absolute atomic E-state index is 10.9. The van der Waals surface area contributed by atoms with Crippen molar-refractivity contribution in [1.29, 1.82) is 0 Å². The van der Waals surface area contributed by atoms with Gasteiger partial charge in [0.25, 0.3) is 0 Å². The molecule has 0 aliphatic rings. The topological polar surface area (TPSA) is 53.4 Å². The number of hydrogen-bond donors (Lipinski definition) is 1. The monoisotopic (exact) mass is 284 g/mol. The number of carbonyl (C=O) groups is 1. The van der Waals surface area contributed by atoms with E-state index in [1.54, 1.807) is 11.3 Å². The van der Waals surface area contributed by atoms with Crippen LogP contribution < -0.4 is 0 Å². The van der Waals surface area contributed by atoms with E-state index in [1.807, 2.05) is 10.3 Å². The van der Waals surface area contributed by atoms with Crippen LogP contribution >= 0.6 is 11.3 Å². The molecular weight excluding hydrogens is 260 g/mol. The Kier molecular flexibility index (Phi) is 5.50. The van der Waals surface area contributed by atoms with Crippen LogP contribution in [0.3, 0.4) is 0 Å². The average Bonchev–Trinajstić information content (AvgIpc) is 2.62. The molecule has 1 heterocycles. The van der Waals surface area contributed by atoms with Gasteiger partial charge in [0.15, 0.2) is 0 Å². The summed E-state index contributed by atoms with van der Waals surface area (Å²) in [5, 5.41) is 12.1. The summed E-state index contributed by atoms with van der Waals surface area (Å²) in [4.78, 5) is 17.4. The fourth-order valence-corrected chi connectivity index (χ4v) is 2.74. The van der Waals surface area contributed by atoms with Crippen LogP contribution in [0.4, 0.5) is 0 Å². The van der Waals surface area contributed by atoms with Gasteiger partial charge in [-0.1, -0.05) is 34.6 Å². The molecule has 0 atom stereocenters. The van der Waals surface area contributed by atoms with E-state index in [2.05, 4.69) is 39.6 Å². The van der Waals surface area contributed by atoms with E-state index < -0.39 is 5.97 Å². The summed E-state index contributed by atoms with van der Waals surface area (Å²) in [5.41, 5.74) is 1.02. The van der Waals surface area contributed by atoms with Crippen molar-refractivity contribution in [2.45, 2.75) is 46.6 Å². The summed E-state index contributed by atoms with van der Waals surface area (Å²) in [6.45, 7) is 12.1. The maximum atomic E-state index is 10.9. The zero-order valence-corrected chi connectivity index (χ0v) is 13.3. The van der Waals surface area contributed by atoms with Gasteiger partial charge in [-0.15, -0.1) is 11.3 Å². The third-order valence-electron chi connectivity index (χ3n) is 2.56. The minimum atomic E-state index is -0.785. The van der Waals surface area contributed by atoms with E-state index in [4.69, 9.17) is 5.11 Å². The highest BCUT2D eigenvalue weighted by Crippen LogP contribution is 2.26. The molecule has 5 heteroatoms. The molecule has 1 aromatic rings. The molecule has 0 unspecified atom stereocenters. The van der Waals surface area contributed by atoms with Crippen LogP contribution in [0, 0.1) is 5.92 Å². The molecule has 0 saturated carbocycles. The highest BCUT2D eigenvalue weighted by atomic mass is 32.1. The van der Waals surface area contributed by atoms with Crippen LogP contribution in [-0.2, 0) is 16.8 Å². The maximum Gasteiger partial charge on any atom is 0.317 e. The molecule has 0 aliphatic heterocycles. The number of nitrogens with zero attached hydrogens (tertiary/aromatic N) is 2. The van der Waals surface area contributed by atoms with Gasteiger partial charge in [-0.2, -0.15) is 0 Å². The lowest BCUT2D eigenvalue weighted by Crippen LogP contribution is -2.32. The predicted octanol–water partition coefficient (Wildman–Crippen LogP) is 2.98. The smallest absolute Gasteiger partial charge is 0.317 e. The third-order valence-corrected chi connectivity index (χ3v) is 3.88. The standard InChI is InChI=1S/C14H24N2O2S/c1-10(2)6-16(8-12(17)18)7-11-9-19-13(15-11)14(3,4)5/h9-10H,6-8H2,1-5H3,(H,17,18). The van der Waals surface area contributed by atoms with Crippen molar-refractivity contribution in [3.63, 3.8) is 0 Å². The van der Waals surface area contributed by atoms with Gasteiger partial charge in [-0.05, 0) is 5.92 Å². The highest BCUT2D eigenvalue weighted by molar-refractivity contribution is 7.09. The Balaban J connectivity index is 2.73. The third kappa shape index (κ3) is 5.70. The molecule has 1 rings (SSSR count). The second-order valence-electron chi connectivity index (χ2n) is 6.35. The number of hydrogen-bond acceptors (Lipinski definition) is 4. The molecule has 0 amide bonds. The number of rotatable bonds is 6. The van der Waals surface area contributed by atoms with Gasteiger partial charge in [-0.25, -0.2) is 4.98 Å². The second-order valence-corrected chi connectivity index (χ2v) is 7.21. The summed E-state index contributed by atoms with van der Waals surface area (Å²) in [6, 6.07) is 0.